The molecule has 0 aliphatic rings. The van der Waals surface area contributed by atoms with Gasteiger partial charge in [0.15, 0.2) is 0 Å². The van der Waals surface area contributed by atoms with Crippen molar-refractivity contribution in [2.24, 2.45) is 0 Å². The van der Waals surface area contributed by atoms with Crippen LogP contribution in [-0.4, -0.2) is 105 Å². The summed E-state index contributed by atoms with van der Waals surface area (Å²) in [5.41, 5.74) is 0. The molecular formula is C36H90NbO9Ti. The fourth-order valence-corrected chi connectivity index (χ4v) is 1.42. The monoisotopic (exact) mass is 808 g/mol. The van der Waals surface area contributed by atoms with Crippen molar-refractivity contribution in [2.45, 2.75) is 178 Å². The van der Waals surface area contributed by atoms with E-state index in [4.69, 9.17) is 46.0 Å². The molecule has 0 bridgehead atoms. The Morgan fingerprint density at radius 3 is 0.277 bits per heavy atom. The summed E-state index contributed by atoms with van der Waals surface area (Å²) in [6.07, 6.45) is 18.3. The summed E-state index contributed by atoms with van der Waals surface area (Å²) in [6.45, 7) is 21.6. The molecule has 0 atom stereocenters. The van der Waals surface area contributed by atoms with E-state index >= 15 is 0 Å². The number of aliphatic hydroxyl groups excluding tert-OH is 9. The molecule has 0 aliphatic heterocycles. The molecule has 0 aromatic heterocycles. The van der Waals surface area contributed by atoms with E-state index in [1.54, 1.807) is 0 Å². The Labute approximate surface area is 325 Å². The average molecular weight is 808 g/mol. The summed E-state index contributed by atoms with van der Waals surface area (Å²) in [7, 11) is 0. The van der Waals surface area contributed by atoms with Crippen molar-refractivity contribution < 1.29 is 90.1 Å². The third kappa shape index (κ3) is 263. The van der Waals surface area contributed by atoms with Crippen LogP contribution in [0.25, 0.3) is 0 Å². The maximum atomic E-state index is 8.07. The van der Waals surface area contributed by atoms with Crippen LogP contribution in [0.3, 0.4) is 0 Å². The van der Waals surface area contributed by atoms with E-state index in [-0.39, 0.29) is 44.1 Å². The van der Waals surface area contributed by atoms with Crippen LogP contribution in [0.1, 0.15) is 178 Å². The molecule has 297 valence electrons. The maximum absolute atomic E-state index is 8.07. The molecule has 11 heteroatoms. The van der Waals surface area contributed by atoms with Gasteiger partial charge in [-0.1, -0.05) is 120 Å². The second-order valence-electron chi connectivity index (χ2n) is 9.69. The van der Waals surface area contributed by atoms with Gasteiger partial charge < -0.3 is 46.0 Å². The van der Waals surface area contributed by atoms with Gasteiger partial charge in [0.05, 0.1) is 0 Å². The molecule has 0 saturated carbocycles. The van der Waals surface area contributed by atoms with Crippen molar-refractivity contribution in [3.8, 4) is 0 Å². The van der Waals surface area contributed by atoms with E-state index in [1.807, 2.05) is 0 Å². The first-order valence-corrected chi connectivity index (χ1v) is 18.2. The Hall–Kier alpha value is 1.09. The van der Waals surface area contributed by atoms with Crippen molar-refractivity contribution in [3.63, 3.8) is 0 Å². The van der Waals surface area contributed by atoms with E-state index in [0.717, 1.165) is 116 Å². The molecule has 0 spiro atoms. The summed E-state index contributed by atoms with van der Waals surface area (Å²) in [5.74, 6) is 0. The van der Waals surface area contributed by atoms with Gasteiger partial charge in [-0.2, -0.15) is 0 Å². The van der Waals surface area contributed by atoms with Gasteiger partial charge in [0.1, 0.15) is 0 Å². The Balaban J connectivity index is -0.0000000343. The van der Waals surface area contributed by atoms with Crippen LogP contribution in [0.2, 0.25) is 0 Å². The fourth-order valence-electron chi connectivity index (χ4n) is 1.42. The topological polar surface area (TPSA) is 182 Å². The third-order valence-electron chi connectivity index (χ3n) is 4.61. The SMILES string of the molecule is CCCCO.CCCCO.CCCCO.CCCCO.CCCCO.CCCCO.CCCCO.CCCCO.CCCCO.[Nb].[Ti]. The number of rotatable bonds is 18. The minimum absolute atomic E-state index is 0. The van der Waals surface area contributed by atoms with E-state index in [9.17, 15) is 0 Å². The van der Waals surface area contributed by atoms with Crippen molar-refractivity contribution in [2.75, 3.05) is 59.5 Å². The standard InChI is InChI=1S/9C4H10O.Nb.Ti/c9*1-2-3-4-5;;/h9*5H,2-4H2,1H3;;. The first-order valence-electron chi connectivity index (χ1n) is 18.2. The summed E-state index contributed by atoms with van der Waals surface area (Å²) >= 11 is 0. The summed E-state index contributed by atoms with van der Waals surface area (Å²) in [5, 5.41) is 72.6. The molecule has 0 aliphatic carbocycles. The van der Waals surface area contributed by atoms with Gasteiger partial charge in [0.2, 0.25) is 0 Å². The predicted molar refractivity (Wildman–Crippen MR) is 198 cm³/mol. The van der Waals surface area contributed by atoms with Crippen LogP contribution < -0.4 is 0 Å². The third-order valence-corrected chi connectivity index (χ3v) is 4.61. The van der Waals surface area contributed by atoms with Crippen LogP contribution in [-0.2, 0) is 44.1 Å². The van der Waals surface area contributed by atoms with Gasteiger partial charge in [0.25, 0.3) is 0 Å². The Morgan fingerprint density at radius 1 is 0.213 bits per heavy atom. The van der Waals surface area contributed by atoms with Gasteiger partial charge in [-0.05, 0) is 57.8 Å². The van der Waals surface area contributed by atoms with Crippen LogP contribution >= 0.6 is 0 Å². The fraction of sp³-hybridized carbons (Fsp3) is 1.00. The smallest absolute Gasteiger partial charge is 0.0430 e. The van der Waals surface area contributed by atoms with Crippen LogP contribution in [0.5, 0.6) is 0 Å². The van der Waals surface area contributed by atoms with E-state index in [1.165, 1.54) is 0 Å². The number of aliphatic hydroxyl groups is 9. The summed E-state index contributed by atoms with van der Waals surface area (Å²) < 4.78 is 0. The van der Waals surface area contributed by atoms with Gasteiger partial charge in [-0.15, -0.1) is 0 Å². The van der Waals surface area contributed by atoms with Crippen LogP contribution in [0, 0.1) is 0 Å². The quantitative estimate of drug-likeness (QED) is 0.0659. The zero-order chi connectivity index (χ0) is 37.1. The van der Waals surface area contributed by atoms with E-state index < -0.39 is 0 Å². The van der Waals surface area contributed by atoms with Gasteiger partial charge in [-0.25, -0.2) is 0 Å². The second-order valence-corrected chi connectivity index (χ2v) is 9.69. The molecule has 0 fully saturated rings. The molecule has 0 unspecified atom stereocenters. The van der Waals surface area contributed by atoms with Crippen LogP contribution in [0.4, 0.5) is 0 Å². The molecule has 0 heterocycles. The van der Waals surface area contributed by atoms with Crippen molar-refractivity contribution in [1.82, 2.24) is 0 Å². The molecule has 47 heavy (non-hydrogen) atoms. The van der Waals surface area contributed by atoms with Crippen LogP contribution in [0.15, 0.2) is 0 Å². The van der Waals surface area contributed by atoms with Gasteiger partial charge in [-0.3, -0.25) is 0 Å². The number of hydrogen-bond donors (Lipinski definition) is 9. The number of hydrogen-bond acceptors (Lipinski definition) is 9. The van der Waals surface area contributed by atoms with E-state index in [0.29, 0.717) is 59.5 Å². The van der Waals surface area contributed by atoms with Gasteiger partial charge >= 0.3 is 0 Å². The first-order chi connectivity index (χ1) is 21.7. The van der Waals surface area contributed by atoms with Crippen molar-refractivity contribution in [3.05, 3.63) is 0 Å². The van der Waals surface area contributed by atoms with Gasteiger partial charge in [0, 0.05) is 104 Å². The maximum Gasteiger partial charge on any atom is 0.0430 e. The largest absolute Gasteiger partial charge is 0.396 e. The zero-order valence-corrected chi connectivity index (χ0v) is 36.8. The molecule has 9 N–H and O–H groups in total. The van der Waals surface area contributed by atoms with Crippen molar-refractivity contribution in [1.29, 1.82) is 0 Å². The normalized spacial score (nSPS) is 8.04. The van der Waals surface area contributed by atoms with Crippen molar-refractivity contribution >= 4 is 0 Å². The zero-order valence-electron chi connectivity index (χ0n) is 33.1. The average Bonchev–Trinajstić information content (AvgIpc) is 3.03. The summed E-state index contributed by atoms with van der Waals surface area (Å²) in [6, 6.07) is 0. The minimum atomic E-state index is 0. The van der Waals surface area contributed by atoms with E-state index in [2.05, 4.69) is 62.3 Å². The Kier molecular flexibility index (Phi) is 209. The minimum Gasteiger partial charge on any atom is -0.396 e. The molecule has 1 radical (unpaired) electrons. The Morgan fingerprint density at radius 2 is 0.277 bits per heavy atom. The summed E-state index contributed by atoms with van der Waals surface area (Å²) in [4.78, 5) is 0. The molecule has 0 amide bonds. The second kappa shape index (κ2) is 127. The molecular weight excluding hydrogens is 717 g/mol. The molecule has 9 nitrogen and oxygen atoms in total. The Bertz CT molecular complexity index is 200. The molecule has 0 aromatic rings. The molecule has 0 saturated heterocycles. The predicted octanol–water partition coefficient (Wildman–Crippen LogP) is 7.00. The molecule has 0 rings (SSSR count). The number of unbranched alkanes of at least 4 members (excludes halogenated alkanes) is 9. The first kappa shape index (κ1) is 77.5. The molecule has 0 aromatic carbocycles.